The van der Waals surface area contributed by atoms with E-state index in [9.17, 15) is 9.59 Å². The second-order valence-electron chi connectivity index (χ2n) is 6.32. The number of benzene rings is 1. The van der Waals surface area contributed by atoms with Crippen molar-refractivity contribution in [2.45, 2.75) is 13.8 Å². The minimum absolute atomic E-state index is 0.0869. The van der Waals surface area contributed by atoms with Crippen molar-refractivity contribution in [2.24, 2.45) is 5.92 Å². The third-order valence-electron chi connectivity index (χ3n) is 4.00. The number of hydrogen-bond donors (Lipinski definition) is 0. The fraction of sp³-hybridized carbons (Fsp3) is 0.556. The molecule has 0 N–H and O–H groups in total. The molecule has 1 heterocycles. The fourth-order valence-electron chi connectivity index (χ4n) is 2.57. The predicted molar refractivity (Wildman–Crippen MR) is 93.2 cm³/mol. The van der Waals surface area contributed by atoms with E-state index in [0.717, 1.165) is 0 Å². The van der Waals surface area contributed by atoms with E-state index in [2.05, 4.69) is 0 Å². The minimum Gasteiger partial charge on any atom is -0.493 e. The average Bonchev–Trinajstić information content (AvgIpc) is 2.64. The Kier molecular flexibility index (Phi) is 6.50. The number of hydrogen-bond acceptors (Lipinski definition) is 5. The molecule has 0 radical (unpaired) electrons. The maximum Gasteiger partial charge on any atom is 0.409 e. The molecule has 0 unspecified atom stereocenters. The molecule has 1 aliphatic heterocycles. The van der Waals surface area contributed by atoms with Gasteiger partial charge >= 0.3 is 6.09 Å². The number of carbonyl (C=O) groups is 2. The number of ether oxygens (including phenoxy) is 3. The quantitative estimate of drug-likeness (QED) is 0.815. The highest BCUT2D eigenvalue weighted by atomic mass is 16.6. The van der Waals surface area contributed by atoms with Crippen molar-refractivity contribution >= 4 is 12.0 Å². The van der Waals surface area contributed by atoms with Crippen LogP contribution in [-0.4, -0.2) is 68.8 Å². The summed E-state index contributed by atoms with van der Waals surface area (Å²) in [6, 6.07) is 5.10. The highest BCUT2D eigenvalue weighted by Gasteiger charge is 2.26. The first-order valence-corrected chi connectivity index (χ1v) is 8.39. The van der Waals surface area contributed by atoms with Gasteiger partial charge in [-0.25, -0.2) is 4.79 Å². The van der Waals surface area contributed by atoms with Gasteiger partial charge in [0.1, 0.15) is 0 Å². The van der Waals surface area contributed by atoms with Crippen LogP contribution >= 0.6 is 0 Å². The maximum absolute atomic E-state index is 12.7. The number of amides is 2. The summed E-state index contributed by atoms with van der Waals surface area (Å²) in [4.78, 5) is 28.0. The number of rotatable bonds is 5. The minimum atomic E-state index is -0.313. The van der Waals surface area contributed by atoms with E-state index in [1.54, 1.807) is 35.1 Å². The Morgan fingerprint density at radius 3 is 2.16 bits per heavy atom. The zero-order chi connectivity index (χ0) is 18.4. The van der Waals surface area contributed by atoms with E-state index in [0.29, 0.717) is 55.8 Å². The predicted octanol–water partition coefficient (Wildman–Crippen LogP) is 2.25. The van der Waals surface area contributed by atoms with E-state index in [4.69, 9.17) is 14.2 Å². The molecule has 1 aromatic carbocycles. The van der Waals surface area contributed by atoms with Gasteiger partial charge in [-0.3, -0.25) is 4.79 Å². The number of carbonyl (C=O) groups excluding carboxylic acids is 2. The third-order valence-corrected chi connectivity index (χ3v) is 4.00. The van der Waals surface area contributed by atoms with Crippen LogP contribution in [-0.2, 0) is 4.74 Å². The van der Waals surface area contributed by atoms with Gasteiger partial charge in [-0.05, 0) is 24.1 Å². The topological polar surface area (TPSA) is 68.3 Å². The van der Waals surface area contributed by atoms with E-state index in [1.165, 1.54) is 7.11 Å². The molecular formula is C18H26N2O5. The lowest BCUT2D eigenvalue weighted by Crippen LogP contribution is -2.50. The van der Waals surface area contributed by atoms with Gasteiger partial charge in [0.2, 0.25) is 0 Å². The molecule has 1 aliphatic rings. The van der Waals surface area contributed by atoms with Gasteiger partial charge in [0.05, 0.1) is 20.8 Å². The summed E-state index contributed by atoms with van der Waals surface area (Å²) in [5, 5.41) is 0. The monoisotopic (exact) mass is 350 g/mol. The van der Waals surface area contributed by atoms with Gasteiger partial charge in [0.15, 0.2) is 11.5 Å². The summed E-state index contributed by atoms with van der Waals surface area (Å²) in [5.41, 5.74) is 0.536. The zero-order valence-electron chi connectivity index (χ0n) is 15.3. The molecule has 1 fully saturated rings. The van der Waals surface area contributed by atoms with Crippen LogP contribution in [0.4, 0.5) is 4.79 Å². The fourth-order valence-corrected chi connectivity index (χ4v) is 2.57. The standard InChI is InChI=1S/C18H26N2O5/c1-13(2)12-25-18(22)20-9-7-19(8-10-20)17(21)14-5-6-15(23-3)16(11-14)24-4/h5-6,11,13H,7-10,12H2,1-4H3. The molecule has 0 aliphatic carbocycles. The smallest absolute Gasteiger partial charge is 0.409 e. The normalized spacial score (nSPS) is 14.4. The summed E-state index contributed by atoms with van der Waals surface area (Å²) < 4.78 is 15.7. The zero-order valence-corrected chi connectivity index (χ0v) is 15.3. The molecule has 7 nitrogen and oxygen atoms in total. The molecule has 2 amide bonds. The lowest BCUT2D eigenvalue weighted by atomic mass is 10.1. The molecule has 2 rings (SSSR count). The molecule has 138 valence electrons. The van der Waals surface area contributed by atoms with Gasteiger partial charge in [-0.2, -0.15) is 0 Å². The van der Waals surface area contributed by atoms with Crippen molar-refractivity contribution in [1.29, 1.82) is 0 Å². The first-order chi connectivity index (χ1) is 12.0. The lowest BCUT2D eigenvalue weighted by molar-refractivity contribution is 0.0535. The molecule has 0 spiro atoms. The Bertz CT molecular complexity index is 609. The van der Waals surface area contributed by atoms with Crippen LogP contribution in [0.1, 0.15) is 24.2 Å². The SMILES string of the molecule is COc1ccc(C(=O)N2CCN(C(=O)OCC(C)C)CC2)cc1OC. The molecule has 25 heavy (non-hydrogen) atoms. The van der Waals surface area contributed by atoms with Crippen molar-refractivity contribution < 1.29 is 23.8 Å². The second-order valence-corrected chi connectivity index (χ2v) is 6.32. The van der Waals surface area contributed by atoms with E-state index < -0.39 is 0 Å². The summed E-state index contributed by atoms with van der Waals surface area (Å²) in [7, 11) is 3.09. The Morgan fingerprint density at radius 2 is 1.60 bits per heavy atom. The maximum atomic E-state index is 12.7. The van der Waals surface area contributed by atoms with Crippen LogP contribution in [0.15, 0.2) is 18.2 Å². The molecule has 1 aromatic rings. The van der Waals surface area contributed by atoms with Crippen molar-refractivity contribution in [1.82, 2.24) is 9.80 Å². The number of piperazine rings is 1. The van der Waals surface area contributed by atoms with Crippen molar-refractivity contribution in [2.75, 3.05) is 47.0 Å². The molecule has 0 aromatic heterocycles. The van der Waals surface area contributed by atoms with Crippen molar-refractivity contribution in [3.63, 3.8) is 0 Å². The third kappa shape index (κ3) is 4.78. The van der Waals surface area contributed by atoms with Gasteiger partial charge < -0.3 is 24.0 Å². The van der Waals surface area contributed by atoms with Crippen LogP contribution in [0.25, 0.3) is 0 Å². The highest BCUT2D eigenvalue weighted by molar-refractivity contribution is 5.95. The van der Waals surface area contributed by atoms with Gasteiger partial charge in [0, 0.05) is 31.7 Å². The molecule has 0 atom stereocenters. The van der Waals surface area contributed by atoms with Crippen molar-refractivity contribution in [3.8, 4) is 11.5 Å². The molecule has 1 saturated heterocycles. The van der Waals surface area contributed by atoms with Gasteiger partial charge in [-0.15, -0.1) is 0 Å². The number of methoxy groups -OCH3 is 2. The lowest BCUT2D eigenvalue weighted by Gasteiger charge is -2.34. The highest BCUT2D eigenvalue weighted by Crippen LogP contribution is 2.28. The first-order valence-electron chi connectivity index (χ1n) is 8.39. The summed E-state index contributed by atoms with van der Waals surface area (Å²) in [6.07, 6.45) is -0.313. The summed E-state index contributed by atoms with van der Waals surface area (Å²) in [5.74, 6) is 1.31. The van der Waals surface area contributed by atoms with E-state index >= 15 is 0 Å². The Morgan fingerprint density at radius 1 is 1.00 bits per heavy atom. The van der Waals surface area contributed by atoms with Crippen LogP contribution in [0.2, 0.25) is 0 Å². The molecule has 0 saturated carbocycles. The van der Waals surface area contributed by atoms with Gasteiger partial charge in [-0.1, -0.05) is 13.8 Å². The largest absolute Gasteiger partial charge is 0.493 e. The first kappa shape index (κ1) is 18.9. The van der Waals surface area contributed by atoms with Crippen molar-refractivity contribution in [3.05, 3.63) is 23.8 Å². The average molecular weight is 350 g/mol. The molecular weight excluding hydrogens is 324 g/mol. The van der Waals surface area contributed by atoms with E-state index in [-0.39, 0.29) is 12.0 Å². The Labute approximate surface area is 148 Å². The van der Waals surface area contributed by atoms with E-state index in [1.807, 2.05) is 13.8 Å². The van der Waals surface area contributed by atoms with Crippen LogP contribution in [0.3, 0.4) is 0 Å². The van der Waals surface area contributed by atoms with Crippen LogP contribution < -0.4 is 9.47 Å². The molecule has 0 bridgehead atoms. The second kappa shape index (κ2) is 8.60. The molecule has 7 heteroatoms. The number of nitrogens with zero attached hydrogens (tertiary/aromatic N) is 2. The van der Waals surface area contributed by atoms with Crippen LogP contribution in [0.5, 0.6) is 11.5 Å². The summed E-state index contributed by atoms with van der Waals surface area (Å²) in [6.45, 7) is 6.28. The Hall–Kier alpha value is -2.44. The van der Waals surface area contributed by atoms with Gasteiger partial charge in [0.25, 0.3) is 5.91 Å². The van der Waals surface area contributed by atoms with Crippen LogP contribution in [0, 0.1) is 5.92 Å². The Balaban J connectivity index is 1.94. The summed E-state index contributed by atoms with van der Waals surface area (Å²) >= 11 is 0.